The second kappa shape index (κ2) is 7.46. The summed E-state index contributed by atoms with van der Waals surface area (Å²) in [6, 6.07) is 5.33. The number of aromatic amines is 1. The summed E-state index contributed by atoms with van der Waals surface area (Å²) in [5.74, 6) is 0.599. The minimum absolute atomic E-state index is 0.254. The van der Waals surface area contributed by atoms with E-state index in [1.54, 1.807) is 19.5 Å². The van der Waals surface area contributed by atoms with Gasteiger partial charge in [-0.15, -0.1) is 0 Å². The number of rotatable bonds is 6. The first-order valence-electron chi connectivity index (χ1n) is 6.97. The highest BCUT2D eigenvalue weighted by Gasteiger charge is 2.09. The monoisotopic (exact) mass is 303 g/mol. The molecule has 0 bridgehead atoms. The van der Waals surface area contributed by atoms with Crippen LogP contribution in [-0.4, -0.2) is 55.4 Å². The van der Waals surface area contributed by atoms with E-state index >= 15 is 0 Å². The maximum absolute atomic E-state index is 11.9. The predicted octanol–water partition coefficient (Wildman–Crippen LogP) is 1.77. The van der Waals surface area contributed by atoms with Crippen LogP contribution in [-0.2, 0) is 0 Å². The number of nitrogens with one attached hydrogen (secondary N) is 3. The highest BCUT2D eigenvalue weighted by molar-refractivity contribution is 5.91. The van der Waals surface area contributed by atoms with E-state index in [9.17, 15) is 4.79 Å². The van der Waals surface area contributed by atoms with Crippen molar-refractivity contribution in [2.75, 3.05) is 39.6 Å². The van der Waals surface area contributed by atoms with Crippen LogP contribution in [0, 0.1) is 0 Å². The molecule has 0 aliphatic rings. The van der Waals surface area contributed by atoms with E-state index in [4.69, 9.17) is 4.74 Å². The van der Waals surface area contributed by atoms with Gasteiger partial charge in [-0.25, -0.2) is 4.79 Å². The zero-order chi connectivity index (χ0) is 15.9. The van der Waals surface area contributed by atoms with E-state index < -0.39 is 0 Å². The molecule has 3 N–H and O–H groups in total. The minimum atomic E-state index is -0.254. The Labute approximate surface area is 129 Å². The quantitative estimate of drug-likeness (QED) is 0.759. The third kappa shape index (κ3) is 4.23. The number of aromatic nitrogens is 2. The fourth-order valence-corrected chi connectivity index (χ4v) is 1.94. The second-order valence-electron chi connectivity index (χ2n) is 5.09. The number of methoxy groups -OCH3 is 1. The summed E-state index contributed by atoms with van der Waals surface area (Å²) in [6.45, 7) is 1.36. The Morgan fingerprint density at radius 2 is 2.18 bits per heavy atom. The van der Waals surface area contributed by atoms with Gasteiger partial charge in [0.15, 0.2) is 0 Å². The van der Waals surface area contributed by atoms with E-state index in [-0.39, 0.29) is 6.03 Å². The van der Waals surface area contributed by atoms with Crippen LogP contribution in [0.5, 0.6) is 5.75 Å². The molecule has 0 unspecified atom stereocenters. The largest absolute Gasteiger partial charge is 0.495 e. The van der Waals surface area contributed by atoms with E-state index in [2.05, 4.69) is 20.8 Å². The first-order chi connectivity index (χ1) is 10.6. The molecule has 7 nitrogen and oxygen atoms in total. The highest BCUT2D eigenvalue weighted by Crippen LogP contribution is 2.30. The summed E-state index contributed by atoms with van der Waals surface area (Å²) in [6.07, 6.45) is 3.53. The third-order valence-electron chi connectivity index (χ3n) is 3.13. The molecular formula is C15H21N5O2. The fourth-order valence-electron chi connectivity index (χ4n) is 1.94. The molecule has 0 saturated heterocycles. The van der Waals surface area contributed by atoms with Crippen molar-refractivity contribution < 1.29 is 9.53 Å². The summed E-state index contributed by atoms with van der Waals surface area (Å²) < 4.78 is 5.35. The van der Waals surface area contributed by atoms with Gasteiger partial charge >= 0.3 is 6.03 Å². The molecule has 0 atom stereocenters. The second-order valence-corrected chi connectivity index (χ2v) is 5.09. The van der Waals surface area contributed by atoms with Crippen LogP contribution in [0.25, 0.3) is 11.1 Å². The summed E-state index contributed by atoms with van der Waals surface area (Å²) in [5, 5.41) is 12.3. The molecule has 2 aromatic rings. The number of amides is 2. The van der Waals surface area contributed by atoms with Gasteiger partial charge in [0.2, 0.25) is 0 Å². The van der Waals surface area contributed by atoms with Gasteiger partial charge in [0.1, 0.15) is 5.75 Å². The molecule has 118 valence electrons. The Hall–Kier alpha value is -2.54. The van der Waals surface area contributed by atoms with Crippen molar-refractivity contribution in [3.05, 3.63) is 30.6 Å². The van der Waals surface area contributed by atoms with Crippen LogP contribution in [0.3, 0.4) is 0 Å². The van der Waals surface area contributed by atoms with Crippen molar-refractivity contribution in [1.29, 1.82) is 0 Å². The van der Waals surface area contributed by atoms with E-state index in [1.165, 1.54) is 0 Å². The first kappa shape index (κ1) is 15.8. The van der Waals surface area contributed by atoms with E-state index in [1.807, 2.05) is 37.2 Å². The zero-order valence-corrected chi connectivity index (χ0v) is 13.0. The normalized spacial score (nSPS) is 10.5. The average Bonchev–Trinajstić information content (AvgIpc) is 3.01. The van der Waals surface area contributed by atoms with Gasteiger partial charge in [0, 0.05) is 24.8 Å². The molecule has 1 aromatic heterocycles. The number of anilines is 1. The van der Waals surface area contributed by atoms with Crippen molar-refractivity contribution in [2.45, 2.75) is 0 Å². The van der Waals surface area contributed by atoms with Crippen molar-refractivity contribution in [2.24, 2.45) is 0 Å². The van der Waals surface area contributed by atoms with Crippen LogP contribution < -0.4 is 15.4 Å². The molecule has 22 heavy (non-hydrogen) atoms. The number of ether oxygens (including phenoxy) is 1. The maximum Gasteiger partial charge on any atom is 0.319 e. The Morgan fingerprint density at radius 3 is 2.82 bits per heavy atom. The number of carbonyl (C=O) groups excluding carboxylic acids is 1. The number of benzene rings is 1. The smallest absolute Gasteiger partial charge is 0.319 e. The van der Waals surface area contributed by atoms with Gasteiger partial charge in [-0.05, 0) is 31.8 Å². The van der Waals surface area contributed by atoms with Gasteiger partial charge in [0.25, 0.3) is 0 Å². The van der Waals surface area contributed by atoms with E-state index in [0.717, 1.165) is 17.7 Å². The molecular weight excluding hydrogens is 282 g/mol. The predicted molar refractivity (Wildman–Crippen MR) is 86.2 cm³/mol. The molecule has 1 heterocycles. The van der Waals surface area contributed by atoms with Crippen molar-refractivity contribution in [1.82, 2.24) is 20.4 Å². The van der Waals surface area contributed by atoms with Gasteiger partial charge in [0.05, 0.1) is 19.0 Å². The topological polar surface area (TPSA) is 82.3 Å². The van der Waals surface area contributed by atoms with Gasteiger partial charge in [-0.3, -0.25) is 5.10 Å². The lowest BCUT2D eigenvalue weighted by molar-refractivity contribution is 0.250. The van der Waals surface area contributed by atoms with Crippen molar-refractivity contribution in [3.63, 3.8) is 0 Å². The molecule has 1 aromatic carbocycles. The number of urea groups is 1. The Kier molecular flexibility index (Phi) is 5.37. The number of hydrogen-bond acceptors (Lipinski definition) is 4. The number of carbonyl (C=O) groups is 1. The fraction of sp³-hybridized carbons (Fsp3) is 0.333. The molecule has 0 aliphatic heterocycles. The van der Waals surface area contributed by atoms with Crippen LogP contribution in [0.1, 0.15) is 0 Å². The number of nitrogens with zero attached hydrogens (tertiary/aromatic N) is 2. The SMILES string of the molecule is COc1cc(-c2cn[nH]c2)ccc1NC(=O)NCCN(C)C. The van der Waals surface area contributed by atoms with Crippen molar-refractivity contribution >= 4 is 11.7 Å². The molecule has 0 saturated carbocycles. The van der Waals surface area contributed by atoms with Gasteiger partial charge in [-0.1, -0.05) is 6.07 Å². The number of H-pyrrole nitrogens is 1. The Bertz CT molecular complexity index is 610. The van der Waals surface area contributed by atoms with E-state index in [0.29, 0.717) is 18.0 Å². The van der Waals surface area contributed by atoms with Gasteiger partial charge in [-0.2, -0.15) is 5.10 Å². The highest BCUT2D eigenvalue weighted by atomic mass is 16.5. The van der Waals surface area contributed by atoms with Crippen LogP contribution in [0.15, 0.2) is 30.6 Å². The van der Waals surface area contributed by atoms with Crippen molar-refractivity contribution in [3.8, 4) is 16.9 Å². The standard InChI is InChI=1S/C15H21N5O2/c1-20(2)7-6-16-15(21)19-13-5-4-11(8-14(13)22-3)12-9-17-18-10-12/h4-5,8-10H,6-7H2,1-3H3,(H,17,18)(H2,16,19,21). The zero-order valence-electron chi connectivity index (χ0n) is 13.0. The molecule has 0 fully saturated rings. The number of hydrogen-bond donors (Lipinski definition) is 3. The lowest BCUT2D eigenvalue weighted by Gasteiger charge is -2.13. The molecule has 7 heteroatoms. The third-order valence-corrected chi connectivity index (χ3v) is 3.13. The maximum atomic E-state index is 11.9. The average molecular weight is 303 g/mol. The molecule has 0 aliphatic carbocycles. The minimum Gasteiger partial charge on any atom is -0.495 e. The van der Waals surface area contributed by atoms with Crippen LogP contribution in [0.2, 0.25) is 0 Å². The number of likely N-dealkylation sites (N-methyl/N-ethyl adjacent to an activating group) is 1. The molecule has 0 spiro atoms. The summed E-state index contributed by atoms with van der Waals surface area (Å²) in [4.78, 5) is 13.9. The summed E-state index contributed by atoms with van der Waals surface area (Å²) in [7, 11) is 5.48. The lowest BCUT2D eigenvalue weighted by Crippen LogP contribution is -2.34. The first-order valence-corrected chi connectivity index (χ1v) is 6.97. The summed E-state index contributed by atoms with van der Waals surface area (Å²) in [5.41, 5.74) is 2.54. The van der Waals surface area contributed by atoms with Gasteiger partial charge < -0.3 is 20.3 Å². The van der Waals surface area contributed by atoms with Crippen LogP contribution >= 0.6 is 0 Å². The molecule has 2 amide bonds. The van der Waals surface area contributed by atoms with Crippen LogP contribution in [0.4, 0.5) is 10.5 Å². The molecule has 0 radical (unpaired) electrons. The lowest BCUT2D eigenvalue weighted by atomic mass is 10.1. The Morgan fingerprint density at radius 1 is 1.36 bits per heavy atom. The Balaban J connectivity index is 2.03. The summed E-state index contributed by atoms with van der Waals surface area (Å²) >= 11 is 0. The molecule has 2 rings (SSSR count).